The van der Waals surface area contributed by atoms with E-state index in [1.54, 1.807) is 0 Å². The van der Waals surface area contributed by atoms with Crippen molar-refractivity contribution in [1.29, 1.82) is 0 Å². The molecule has 0 bridgehead atoms. The van der Waals surface area contributed by atoms with Gasteiger partial charge in [-0.1, -0.05) is 12.8 Å². The number of amides is 1. The fourth-order valence-corrected chi connectivity index (χ4v) is 3.55. The van der Waals surface area contributed by atoms with Crippen LogP contribution in [-0.2, 0) is 11.0 Å². The minimum absolute atomic E-state index is 0.0808. The molecule has 1 saturated heterocycles. The average Bonchev–Trinajstić information content (AvgIpc) is 3.17. The molecule has 1 aromatic rings. The molecule has 0 spiro atoms. The number of hydrogen-bond donors (Lipinski definition) is 1. The summed E-state index contributed by atoms with van der Waals surface area (Å²) in [6, 6.07) is 1.08. The van der Waals surface area contributed by atoms with Gasteiger partial charge in [-0.05, 0) is 31.7 Å². The minimum atomic E-state index is -4.43. The van der Waals surface area contributed by atoms with Crippen molar-refractivity contribution in [3.8, 4) is 0 Å². The third kappa shape index (κ3) is 3.13. The van der Waals surface area contributed by atoms with Gasteiger partial charge < -0.3 is 4.90 Å². The monoisotopic (exact) mass is 315 g/mol. The van der Waals surface area contributed by atoms with Gasteiger partial charge in [0.25, 0.3) is 0 Å². The summed E-state index contributed by atoms with van der Waals surface area (Å²) in [5, 5.41) is 5.86. The molecule has 1 aromatic heterocycles. The number of carbonyl (C=O) groups is 1. The van der Waals surface area contributed by atoms with Gasteiger partial charge >= 0.3 is 6.18 Å². The van der Waals surface area contributed by atoms with E-state index in [4.69, 9.17) is 0 Å². The van der Waals surface area contributed by atoms with Crippen molar-refractivity contribution in [3.05, 3.63) is 17.5 Å². The van der Waals surface area contributed by atoms with Gasteiger partial charge in [0.1, 0.15) is 0 Å². The summed E-state index contributed by atoms with van der Waals surface area (Å²) < 4.78 is 37.9. The number of carbonyl (C=O) groups excluding carboxylic acids is 1. The van der Waals surface area contributed by atoms with Crippen LogP contribution in [0.15, 0.2) is 6.07 Å². The van der Waals surface area contributed by atoms with Gasteiger partial charge in [-0.2, -0.15) is 18.3 Å². The van der Waals surface area contributed by atoms with Gasteiger partial charge in [0.2, 0.25) is 5.91 Å². The lowest BCUT2D eigenvalue weighted by Crippen LogP contribution is -2.41. The molecule has 22 heavy (non-hydrogen) atoms. The van der Waals surface area contributed by atoms with Crippen LogP contribution in [0.1, 0.15) is 55.8 Å². The zero-order valence-corrected chi connectivity index (χ0v) is 12.3. The SMILES string of the molecule is O=C(C1CCCC1)N1CCCC(c2cc(C(F)(F)F)n[nH]2)C1. The Hall–Kier alpha value is -1.53. The maximum atomic E-state index is 12.6. The summed E-state index contributed by atoms with van der Waals surface area (Å²) >= 11 is 0. The number of nitrogens with zero attached hydrogens (tertiary/aromatic N) is 2. The number of aromatic amines is 1. The third-order valence-corrected chi connectivity index (χ3v) is 4.77. The summed E-state index contributed by atoms with van der Waals surface area (Å²) in [4.78, 5) is 14.3. The number of aromatic nitrogens is 2. The summed E-state index contributed by atoms with van der Waals surface area (Å²) in [6.07, 6.45) is 1.27. The molecule has 4 nitrogen and oxygen atoms in total. The van der Waals surface area contributed by atoms with E-state index in [0.29, 0.717) is 18.8 Å². The van der Waals surface area contributed by atoms with Crippen molar-refractivity contribution in [1.82, 2.24) is 15.1 Å². The van der Waals surface area contributed by atoms with Crippen LogP contribution < -0.4 is 0 Å². The topological polar surface area (TPSA) is 49.0 Å². The van der Waals surface area contributed by atoms with Crippen LogP contribution in [0, 0.1) is 5.92 Å². The third-order valence-electron chi connectivity index (χ3n) is 4.77. The lowest BCUT2D eigenvalue weighted by atomic mass is 9.93. The number of rotatable bonds is 2. The van der Waals surface area contributed by atoms with Crippen molar-refractivity contribution in [2.75, 3.05) is 13.1 Å². The lowest BCUT2D eigenvalue weighted by Gasteiger charge is -2.33. The molecular weight excluding hydrogens is 295 g/mol. The van der Waals surface area contributed by atoms with Crippen molar-refractivity contribution in [2.45, 2.75) is 50.6 Å². The Bertz CT molecular complexity index is 534. The molecule has 122 valence electrons. The van der Waals surface area contributed by atoms with Crippen molar-refractivity contribution < 1.29 is 18.0 Å². The molecule has 1 saturated carbocycles. The predicted molar refractivity (Wildman–Crippen MR) is 74.1 cm³/mol. The number of piperidine rings is 1. The number of alkyl halides is 3. The quantitative estimate of drug-likeness (QED) is 0.910. The molecule has 0 radical (unpaired) electrons. The Morgan fingerprint density at radius 1 is 1.23 bits per heavy atom. The average molecular weight is 315 g/mol. The van der Waals surface area contributed by atoms with Crippen molar-refractivity contribution in [3.63, 3.8) is 0 Å². The summed E-state index contributed by atoms with van der Waals surface area (Å²) in [6.45, 7) is 1.21. The molecule has 2 aliphatic rings. The zero-order chi connectivity index (χ0) is 15.7. The highest BCUT2D eigenvalue weighted by atomic mass is 19.4. The zero-order valence-electron chi connectivity index (χ0n) is 12.3. The molecule has 0 aromatic carbocycles. The molecule has 1 amide bonds. The maximum Gasteiger partial charge on any atom is 0.435 e. The second kappa shape index (κ2) is 5.93. The Balaban J connectivity index is 1.67. The van der Waals surface area contributed by atoms with E-state index in [1.807, 2.05) is 4.90 Å². The first-order valence-corrected chi connectivity index (χ1v) is 7.86. The van der Waals surface area contributed by atoms with Crippen LogP contribution in [0.5, 0.6) is 0 Å². The van der Waals surface area contributed by atoms with E-state index in [2.05, 4.69) is 10.2 Å². The van der Waals surface area contributed by atoms with Crippen LogP contribution in [0.3, 0.4) is 0 Å². The van der Waals surface area contributed by atoms with E-state index >= 15 is 0 Å². The molecule has 2 heterocycles. The minimum Gasteiger partial charge on any atom is -0.342 e. The number of H-pyrrole nitrogens is 1. The summed E-state index contributed by atoms with van der Waals surface area (Å²) in [5.74, 6) is 0.215. The number of nitrogens with one attached hydrogen (secondary N) is 1. The van der Waals surface area contributed by atoms with E-state index in [9.17, 15) is 18.0 Å². The largest absolute Gasteiger partial charge is 0.435 e. The Labute approximate surface area is 127 Å². The molecule has 1 N–H and O–H groups in total. The standard InChI is InChI=1S/C15H20F3N3O/c16-15(17,18)13-8-12(19-20-13)11-6-3-7-21(9-11)14(22)10-4-1-2-5-10/h8,10-11H,1-7,9H2,(H,19,20). The number of likely N-dealkylation sites (tertiary alicyclic amines) is 1. The number of halogens is 3. The molecule has 1 aliphatic carbocycles. The fourth-order valence-electron chi connectivity index (χ4n) is 3.55. The van der Waals surface area contributed by atoms with Gasteiger partial charge in [0, 0.05) is 30.6 Å². The van der Waals surface area contributed by atoms with Crippen LogP contribution in [0.4, 0.5) is 13.2 Å². The first-order chi connectivity index (χ1) is 10.4. The Morgan fingerprint density at radius 3 is 2.59 bits per heavy atom. The smallest absolute Gasteiger partial charge is 0.342 e. The van der Waals surface area contributed by atoms with Gasteiger partial charge in [0.05, 0.1) is 0 Å². The molecule has 2 fully saturated rings. The number of hydrogen-bond acceptors (Lipinski definition) is 2. The lowest BCUT2D eigenvalue weighted by molar-refractivity contribution is -0.141. The summed E-state index contributed by atoms with van der Waals surface area (Å²) in [5.41, 5.74) is -0.405. The highest BCUT2D eigenvalue weighted by molar-refractivity contribution is 5.79. The van der Waals surface area contributed by atoms with Crippen LogP contribution in [-0.4, -0.2) is 34.1 Å². The van der Waals surface area contributed by atoms with E-state index < -0.39 is 11.9 Å². The van der Waals surface area contributed by atoms with Gasteiger partial charge in [-0.3, -0.25) is 9.89 Å². The van der Waals surface area contributed by atoms with Gasteiger partial charge in [0.15, 0.2) is 5.69 Å². The van der Waals surface area contributed by atoms with Gasteiger partial charge in [-0.15, -0.1) is 0 Å². The van der Waals surface area contributed by atoms with Crippen LogP contribution in [0.2, 0.25) is 0 Å². The van der Waals surface area contributed by atoms with E-state index in [1.165, 1.54) is 0 Å². The van der Waals surface area contributed by atoms with E-state index in [-0.39, 0.29) is 17.7 Å². The second-order valence-electron chi connectivity index (χ2n) is 6.31. The highest BCUT2D eigenvalue weighted by Crippen LogP contribution is 2.33. The predicted octanol–water partition coefficient (Wildman–Crippen LogP) is 3.32. The van der Waals surface area contributed by atoms with Crippen LogP contribution >= 0.6 is 0 Å². The van der Waals surface area contributed by atoms with E-state index in [0.717, 1.165) is 44.6 Å². The Morgan fingerprint density at radius 2 is 1.95 bits per heavy atom. The first kappa shape index (κ1) is 15.4. The summed E-state index contributed by atoms with van der Waals surface area (Å²) in [7, 11) is 0. The molecule has 3 rings (SSSR count). The molecule has 1 aliphatic heterocycles. The molecule has 7 heteroatoms. The maximum absolute atomic E-state index is 12.6. The normalized spacial score (nSPS) is 24.0. The first-order valence-electron chi connectivity index (χ1n) is 7.86. The van der Waals surface area contributed by atoms with Crippen molar-refractivity contribution in [2.24, 2.45) is 5.92 Å². The van der Waals surface area contributed by atoms with Crippen molar-refractivity contribution >= 4 is 5.91 Å². The van der Waals surface area contributed by atoms with Crippen LogP contribution in [0.25, 0.3) is 0 Å². The second-order valence-corrected chi connectivity index (χ2v) is 6.31. The molecule has 1 atom stereocenters. The Kier molecular flexibility index (Phi) is 4.14. The molecule has 1 unspecified atom stereocenters. The molecular formula is C15H20F3N3O. The fraction of sp³-hybridized carbons (Fsp3) is 0.733. The van der Waals surface area contributed by atoms with Gasteiger partial charge in [-0.25, -0.2) is 0 Å². The highest BCUT2D eigenvalue weighted by Gasteiger charge is 2.36.